The second-order valence-corrected chi connectivity index (χ2v) is 4.95. The van der Waals surface area contributed by atoms with E-state index < -0.39 is 5.97 Å². The Morgan fingerprint density at radius 2 is 2.00 bits per heavy atom. The highest BCUT2D eigenvalue weighted by atomic mass is 16.4. The lowest BCUT2D eigenvalue weighted by Crippen LogP contribution is -2.44. The summed E-state index contributed by atoms with van der Waals surface area (Å²) in [7, 11) is 1.64. The van der Waals surface area contributed by atoms with Crippen molar-refractivity contribution in [2.45, 2.75) is 25.3 Å². The number of rotatable bonds is 3. The number of urea groups is 1. The number of phenols is 1. The minimum absolute atomic E-state index is 0.0187. The van der Waals surface area contributed by atoms with Gasteiger partial charge in [0.1, 0.15) is 5.75 Å². The molecule has 0 aliphatic carbocycles. The maximum absolute atomic E-state index is 12.4. The minimum Gasteiger partial charge on any atom is -0.508 e. The molecule has 0 bridgehead atoms. The fraction of sp³-hybridized carbons (Fsp3) is 0.429. The molecule has 1 atom stereocenters. The van der Waals surface area contributed by atoms with Gasteiger partial charge in [0, 0.05) is 25.3 Å². The molecule has 0 radical (unpaired) electrons. The topological polar surface area (TPSA) is 81.1 Å². The summed E-state index contributed by atoms with van der Waals surface area (Å²) in [5.41, 5.74) is 0.661. The monoisotopic (exact) mass is 278 g/mol. The van der Waals surface area contributed by atoms with E-state index in [1.165, 1.54) is 17.0 Å². The molecule has 6 heteroatoms. The Morgan fingerprint density at radius 1 is 1.35 bits per heavy atom. The summed E-state index contributed by atoms with van der Waals surface area (Å²) in [5, 5.41) is 18.1. The summed E-state index contributed by atoms with van der Waals surface area (Å²) >= 11 is 0. The van der Waals surface area contributed by atoms with Gasteiger partial charge in [-0.05, 0) is 37.1 Å². The number of carbonyl (C=O) groups excluding carboxylic acids is 1. The van der Waals surface area contributed by atoms with Crippen molar-refractivity contribution in [2.24, 2.45) is 0 Å². The van der Waals surface area contributed by atoms with Crippen LogP contribution in [0.1, 0.15) is 19.3 Å². The molecule has 2 amide bonds. The average Bonchev–Trinajstić information content (AvgIpc) is 2.85. The van der Waals surface area contributed by atoms with Gasteiger partial charge in [0.15, 0.2) is 0 Å². The van der Waals surface area contributed by atoms with E-state index in [0.29, 0.717) is 12.2 Å². The SMILES string of the molecule is CN(C(=O)N1CCCC1CC(=O)O)c1ccc(O)cc1. The molecule has 1 aromatic carbocycles. The first-order valence-corrected chi connectivity index (χ1v) is 6.54. The minimum atomic E-state index is -0.887. The molecule has 6 nitrogen and oxygen atoms in total. The molecule has 1 unspecified atom stereocenters. The second-order valence-electron chi connectivity index (χ2n) is 4.95. The van der Waals surface area contributed by atoms with Gasteiger partial charge in [-0.2, -0.15) is 0 Å². The van der Waals surface area contributed by atoms with Crippen LogP contribution in [-0.4, -0.2) is 46.7 Å². The van der Waals surface area contributed by atoms with E-state index in [4.69, 9.17) is 5.11 Å². The van der Waals surface area contributed by atoms with E-state index >= 15 is 0 Å². The molecule has 1 aliphatic rings. The third-order valence-electron chi connectivity index (χ3n) is 3.56. The van der Waals surface area contributed by atoms with Crippen molar-refractivity contribution in [3.63, 3.8) is 0 Å². The zero-order chi connectivity index (χ0) is 14.7. The lowest BCUT2D eigenvalue weighted by atomic mass is 10.1. The van der Waals surface area contributed by atoms with E-state index in [-0.39, 0.29) is 24.2 Å². The Labute approximate surface area is 117 Å². The van der Waals surface area contributed by atoms with Crippen molar-refractivity contribution >= 4 is 17.7 Å². The number of likely N-dealkylation sites (tertiary alicyclic amines) is 1. The number of carboxylic acid groups (broad SMARTS) is 1. The third kappa shape index (κ3) is 3.01. The largest absolute Gasteiger partial charge is 0.508 e. The first-order valence-electron chi connectivity index (χ1n) is 6.54. The second kappa shape index (κ2) is 5.81. The van der Waals surface area contributed by atoms with Gasteiger partial charge in [-0.1, -0.05) is 0 Å². The normalized spacial score (nSPS) is 18.1. The van der Waals surface area contributed by atoms with Gasteiger partial charge < -0.3 is 15.1 Å². The molecule has 1 aliphatic heterocycles. The number of hydrogen-bond donors (Lipinski definition) is 2. The number of carboxylic acids is 1. The van der Waals surface area contributed by atoms with Gasteiger partial charge in [-0.25, -0.2) is 4.79 Å². The van der Waals surface area contributed by atoms with Crippen molar-refractivity contribution in [3.8, 4) is 5.75 Å². The zero-order valence-corrected chi connectivity index (χ0v) is 11.3. The number of hydrogen-bond acceptors (Lipinski definition) is 3. The van der Waals surface area contributed by atoms with Gasteiger partial charge in [0.25, 0.3) is 0 Å². The Kier molecular flexibility index (Phi) is 4.12. The summed E-state index contributed by atoms with van der Waals surface area (Å²) in [5.74, 6) is -0.749. The first-order chi connectivity index (χ1) is 9.49. The number of aliphatic carboxylic acids is 1. The van der Waals surface area contributed by atoms with Crippen molar-refractivity contribution in [1.82, 2.24) is 4.90 Å². The highest BCUT2D eigenvalue weighted by Gasteiger charge is 2.32. The zero-order valence-electron chi connectivity index (χ0n) is 11.3. The standard InChI is InChI=1S/C14H18N2O4/c1-15(10-4-6-12(17)7-5-10)14(20)16-8-2-3-11(16)9-13(18)19/h4-7,11,17H,2-3,8-9H2,1H3,(H,18,19). The van der Waals surface area contributed by atoms with Crippen LogP contribution in [-0.2, 0) is 4.79 Å². The third-order valence-corrected chi connectivity index (χ3v) is 3.56. The van der Waals surface area contributed by atoms with Gasteiger partial charge in [-0.15, -0.1) is 0 Å². The molecule has 1 saturated heterocycles. The Morgan fingerprint density at radius 3 is 2.60 bits per heavy atom. The van der Waals surface area contributed by atoms with Crippen LogP contribution in [0.4, 0.5) is 10.5 Å². The van der Waals surface area contributed by atoms with Crippen LogP contribution in [0.15, 0.2) is 24.3 Å². The fourth-order valence-electron chi connectivity index (χ4n) is 2.48. The summed E-state index contributed by atoms with van der Waals surface area (Å²) in [6.45, 7) is 0.583. The summed E-state index contributed by atoms with van der Waals surface area (Å²) in [4.78, 5) is 26.3. The van der Waals surface area contributed by atoms with Crippen LogP contribution in [0.2, 0.25) is 0 Å². The van der Waals surface area contributed by atoms with E-state index in [1.807, 2.05) is 0 Å². The van der Waals surface area contributed by atoms with Crippen LogP contribution < -0.4 is 4.90 Å². The molecule has 108 valence electrons. The Hall–Kier alpha value is -2.24. The van der Waals surface area contributed by atoms with Crippen LogP contribution >= 0.6 is 0 Å². The number of carbonyl (C=O) groups is 2. The first kappa shape index (κ1) is 14.2. The van der Waals surface area contributed by atoms with Gasteiger partial charge in [0.2, 0.25) is 0 Å². The van der Waals surface area contributed by atoms with Crippen LogP contribution in [0.5, 0.6) is 5.75 Å². The quantitative estimate of drug-likeness (QED) is 0.884. The maximum Gasteiger partial charge on any atom is 0.324 e. The van der Waals surface area contributed by atoms with Crippen molar-refractivity contribution in [3.05, 3.63) is 24.3 Å². The molecular weight excluding hydrogens is 260 g/mol. The highest BCUT2D eigenvalue weighted by Crippen LogP contribution is 2.24. The average molecular weight is 278 g/mol. The number of nitrogens with zero attached hydrogens (tertiary/aromatic N) is 2. The fourth-order valence-corrected chi connectivity index (χ4v) is 2.48. The van der Waals surface area contributed by atoms with Gasteiger partial charge >= 0.3 is 12.0 Å². The molecule has 1 fully saturated rings. The van der Waals surface area contributed by atoms with E-state index in [1.54, 1.807) is 24.1 Å². The van der Waals surface area contributed by atoms with Gasteiger partial charge in [-0.3, -0.25) is 9.69 Å². The molecule has 0 spiro atoms. The molecule has 1 heterocycles. The lowest BCUT2D eigenvalue weighted by molar-refractivity contribution is -0.137. The van der Waals surface area contributed by atoms with Crippen molar-refractivity contribution in [2.75, 3.05) is 18.5 Å². The molecule has 2 N–H and O–H groups in total. The lowest BCUT2D eigenvalue weighted by Gasteiger charge is -2.29. The molecule has 20 heavy (non-hydrogen) atoms. The Balaban J connectivity index is 2.09. The predicted octanol–water partition coefficient (Wildman–Crippen LogP) is 1.89. The van der Waals surface area contributed by atoms with Crippen LogP contribution in [0.25, 0.3) is 0 Å². The highest BCUT2D eigenvalue weighted by molar-refractivity contribution is 5.92. The van der Waals surface area contributed by atoms with E-state index in [2.05, 4.69) is 0 Å². The van der Waals surface area contributed by atoms with Crippen molar-refractivity contribution in [1.29, 1.82) is 0 Å². The number of aromatic hydroxyl groups is 1. The van der Waals surface area contributed by atoms with Crippen LogP contribution in [0, 0.1) is 0 Å². The summed E-state index contributed by atoms with van der Waals surface area (Å²) < 4.78 is 0. The van der Waals surface area contributed by atoms with Gasteiger partial charge in [0.05, 0.1) is 6.42 Å². The Bertz CT molecular complexity index is 500. The number of benzene rings is 1. The predicted molar refractivity (Wildman–Crippen MR) is 73.9 cm³/mol. The van der Waals surface area contributed by atoms with E-state index in [0.717, 1.165) is 12.8 Å². The molecule has 0 aromatic heterocycles. The molecule has 0 saturated carbocycles. The summed E-state index contributed by atoms with van der Waals surface area (Å²) in [6, 6.07) is 5.87. The van der Waals surface area contributed by atoms with Crippen LogP contribution in [0.3, 0.4) is 0 Å². The summed E-state index contributed by atoms with van der Waals surface area (Å²) in [6.07, 6.45) is 1.53. The van der Waals surface area contributed by atoms with Crippen molar-refractivity contribution < 1.29 is 19.8 Å². The maximum atomic E-state index is 12.4. The van der Waals surface area contributed by atoms with E-state index in [9.17, 15) is 14.7 Å². The number of phenolic OH excluding ortho intramolecular Hbond substituents is 1. The smallest absolute Gasteiger partial charge is 0.324 e. The number of amides is 2. The molecule has 2 rings (SSSR count). The molecular formula is C14H18N2O4. The number of anilines is 1. The molecule has 1 aromatic rings.